The minimum Gasteiger partial charge on any atom is -0.454 e. The van der Waals surface area contributed by atoms with Crippen molar-refractivity contribution in [2.75, 3.05) is 9.80 Å². The third kappa shape index (κ3) is 5.90. The van der Waals surface area contributed by atoms with E-state index < -0.39 is 10.8 Å². The molecule has 12 aromatic rings. The van der Waals surface area contributed by atoms with E-state index in [1.807, 2.05) is 0 Å². The Hall–Kier alpha value is -9.18. The van der Waals surface area contributed by atoms with Crippen LogP contribution in [0.5, 0.6) is 0 Å². The standard InChI is InChI=1S/C68H46N2O/c1-5-23-47(24-6-1)67(48-25-7-2-8-26-48)57-35-16-18-37-59(57)68(60-38-19-17-36-58(60)67)56-34-15-13-32-55(56)65-61(68)39-22-40-62(65)70(63-41-21-33-54-53-31-14-20-42-64(53)71-66(54)63)52-45-43-51(44-46-52)69(49-27-9-3-10-28-49)50-29-11-4-12-30-50/h1-46H. The van der Waals surface area contributed by atoms with Crippen molar-refractivity contribution in [3.63, 3.8) is 0 Å². The van der Waals surface area contributed by atoms with Crippen LogP contribution in [0, 0.1) is 0 Å². The molecule has 0 atom stereocenters. The lowest BCUT2D eigenvalue weighted by Gasteiger charge is -2.50. The maximum Gasteiger partial charge on any atom is 0.159 e. The van der Waals surface area contributed by atoms with E-state index in [-0.39, 0.29) is 0 Å². The van der Waals surface area contributed by atoms with Gasteiger partial charge in [-0.2, -0.15) is 0 Å². The molecule has 11 aromatic carbocycles. The van der Waals surface area contributed by atoms with Crippen molar-refractivity contribution in [1.82, 2.24) is 0 Å². The van der Waals surface area contributed by atoms with Crippen molar-refractivity contribution in [1.29, 1.82) is 0 Å². The maximum atomic E-state index is 6.93. The normalized spacial score (nSPS) is 13.6. The van der Waals surface area contributed by atoms with Gasteiger partial charge >= 0.3 is 0 Å². The van der Waals surface area contributed by atoms with Gasteiger partial charge in [-0.05, 0) is 117 Å². The fraction of sp³-hybridized carbons (Fsp3) is 0.0294. The van der Waals surface area contributed by atoms with E-state index in [0.29, 0.717) is 0 Å². The van der Waals surface area contributed by atoms with Crippen LogP contribution in [0.1, 0.15) is 44.5 Å². The van der Waals surface area contributed by atoms with Gasteiger partial charge in [0.1, 0.15) is 5.58 Å². The van der Waals surface area contributed by atoms with Gasteiger partial charge in [0.05, 0.1) is 22.2 Å². The number of hydrogen-bond donors (Lipinski definition) is 0. The van der Waals surface area contributed by atoms with Crippen LogP contribution in [-0.2, 0) is 10.8 Å². The maximum absolute atomic E-state index is 6.93. The first kappa shape index (κ1) is 40.8. The molecular formula is C68H46N2O. The van der Waals surface area contributed by atoms with E-state index in [0.717, 1.165) is 56.1 Å². The third-order valence-corrected chi connectivity index (χ3v) is 15.2. The molecule has 71 heavy (non-hydrogen) atoms. The third-order valence-electron chi connectivity index (χ3n) is 15.2. The Balaban J connectivity index is 1.05. The van der Waals surface area contributed by atoms with Crippen LogP contribution in [0.2, 0.25) is 0 Å². The minimum atomic E-state index is -0.658. The second kappa shape index (κ2) is 16.2. The highest BCUT2D eigenvalue weighted by molar-refractivity contribution is 6.11. The zero-order valence-corrected chi connectivity index (χ0v) is 38.9. The average Bonchev–Trinajstić information content (AvgIpc) is 3.98. The molecule has 3 heteroatoms. The number of nitrogens with zero attached hydrogens (tertiary/aromatic N) is 2. The van der Waals surface area contributed by atoms with Crippen molar-refractivity contribution >= 4 is 56.1 Å². The molecule has 1 heterocycles. The highest BCUT2D eigenvalue weighted by atomic mass is 16.3. The summed E-state index contributed by atoms with van der Waals surface area (Å²) in [5.74, 6) is 0. The van der Waals surface area contributed by atoms with E-state index in [4.69, 9.17) is 4.42 Å². The Morgan fingerprint density at radius 2 is 0.676 bits per heavy atom. The topological polar surface area (TPSA) is 19.6 Å². The number of para-hydroxylation sites is 4. The monoisotopic (exact) mass is 906 g/mol. The molecule has 0 unspecified atom stereocenters. The Labute approximate surface area is 413 Å². The Morgan fingerprint density at radius 3 is 1.27 bits per heavy atom. The fourth-order valence-corrected chi connectivity index (χ4v) is 12.5. The van der Waals surface area contributed by atoms with Crippen LogP contribution < -0.4 is 9.80 Å². The lowest BCUT2D eigenvalue weighted by atomic mass is 9.51. The molecule has 0 bridgehead atoms. The van der Waals surface area contributed by atoms with Crippen molar-refractivity contribution in [2.45, 2.75) is 10.8 Å². The van der Waals surface area contributed by atoms with Crippen LogP contribution in [0.15, 0.2) is 283 Å². The van der Waals surface area contributed by atoms with Crippen molar-refractivity contribution in [3.8, 4) is 11.1 Å². The Morgan fingerprint density at radius 1 is 0.268 bits per heavy atom. The number of anilines is 6. The predicted molar refractivity (Wildman–Crippen MR) is 292 cm³/mol. The highest BCUT2D eigenvalue weighted by Crippen LogP contribution is 2.66. The summed E-state index contributed by atoms with van der Waals surface area (Å²) in [5, 5.41) is 2.18. The summed E-state index contributed by atoms with van der Waals surface area (Å²) in [7, 11) is 0. The first-order valence-corrected chi connectivity index (χ1v) is 24.5. The molecule has 0 radical (unpaired) electrons. The molecule has 0 fully saturated rings. The molecule has 0 saturated heterocycles. The predicted octanol–water partition coefficient (Wildman–Crippen LogP) is 17.6. The summed E-state index contributed by atoms with van der Waals surface area (Å²) < 4.78 is 6.93. The van der Waals surface area contributed by atoms with Gasteiger partial charge in [0, 0.05) is 39.1 Å². The second-order valence-electron chi connectivity index (χ2n) is 18.7. The van der Waals surface area contributed by atoms with Crippen molar-refractivity contribution in [3.05, 3.63) is 324 Å². The average molecular weight is 907 g/mol. The summed E-state index contributed by atoms with van der Waals surface area (Å²) in [6.07, 6.45) is 0. The molecular weight excluding hydrogens is 861 g/mol. The Bertz CT molecular complexity index is 3810. The largest absolute Gasteiger partial charge is 0.454 e. The molecule has 0 amide bonds. The summed E-state index contributed by atoms with van der Waals surface area (Å²) in [4.78, 5) is 4.76. The van der Waals surface area contributed by atoms with Crippen molar-refractivity contribution in [2.24, 2.45) is 0 Å². The van der Waals surface area contributed by atoms with Gasteiger partial charge in [-0.1, -0.05) is 212 Å². The summed E-state index contributed by atoms with van der Waals surface area (Å²) >= 11 is 0. The first-order chi connectivity index (χ1) is 35.3. The van der Waals surface area contributed by atoms with Gasteiger partial charge in [0.15, 0.2) is 5.58 Å². The molecule has 2 aliphatic rings. The molecule has 0 N–H and O–H groups in total. The molecule has 0 saturated carbocycles. The summed E-state index contributed by atoms with van der Waals surface area (Å²) in [6.45, 7) is 0. The summed E-state index contributed by atoms with van der Waals surface area (Å²) in [5.41, 5.74) is 19.3. The van der Waals surface area contributed by atoms with Gasteiger partial charge in [0.2, 0.25) is 0 Å². The van der Waals surface area contributed by atoms with Gasteiger partial charge in [-0.25, -0.2) is 0 Å². The quantitative estimate of drug-likeness (QED) is 0.151. The van der Waals surface area contributed by atoms with Crippen LogP contribution in [0.4, 0.5) is 34.1 Å². The van der Waals surface area contributed by atoms with E-state index in [9.17, 15) is 0 Å². The molecule has 334 valence electrons. The second-order valence-corrected chi connectivity index (χ2v) is 18.7. The van der Waals surface area contributed by atoms with Crippen molar-refractivity contribution < 1.29 is 4.42 Å². The molecule has 14 rings (SSSR count). The lowest BCUT2D eigenvalue weighted by molar-refractivity contribution is 0.623. The summed E-state index contributed by atoms with van der Waals surface area (Å²) in [6, 6.07) is 102. The minimum absolute atomic E-state index is 0.589. The van der Waals surface area contributed by atoms with Gasteiger partial charge in [0.25, 0.3) is 0 Å². The first-order valence-electron chi connectivity index (χ1n) is 24.5. The number of benzene rings is 11. The van der Waals surface area contributed by atoms with E-state index >= 15 is 0 Å². The molecule has 1 aromatic heterocycles. The zero-order chi connectivity index (χ0) is 46.9. The van der Waals surface area contributed by atoms with Crippen LogP contribution in [0.25, 0.3) is 33.1 Å². The lowest BCUT2D eigenvalue weighted by Crippen LogP contribution is -2.44. The number of rotatable bonds is 8. The van der Waals surface area contributed by atoms with Gasteiger partial charge < -0.3 is 14.2 Å². The van der Waals surface area contributed by atoms with E-state index in [1.165, 1.54) is 55.6 Å². The molecule has 2 aliphatic carbocycles. The zero-order valence-electron chi connectivity index (χ0n) is 38.9. The number of furan rings is 1. The van der Waals surface area contributed by atoms with Crippen LogP contribution in [-0.4, -0.2) is 0 Å². The van der Waals surface area contributed by atoms with E-state index in [2.05, 4.69) is 289 Å². The van der Waals surface area contributed by atoms with Crippen LogP contribution in [0.3, 0.4) is 0 Å². The van der Waals surface area contributed by atoms with Crippen LogP contribution >= 0.6 is 0 Å². The molecule has 3 nitrogen and oxygen atoms in total. The SMILES string of the molecule is c1ccc(N(c2ccccc2)c2ccc(N(c3cccc4c3-c3ccccc3C43c4ccccc4C(c4ccccc4)(c4ccccc4)c4ccccc43)c3cccc4c3oc3ccccc34)cc2)cc1. The number of fused-ring (bicyclic) bond motifs is 12. The molecule has 0 aliphatic heterocycles. The fourth-order valence-electron chi connectivity index (χ4n) is 12.5. The van der Waals surface area contributed by atoms with E-state index in [1.54, 1.807) is 0 Å². The number of hydrogen-bond acceptors (Lipinski definition) is 3. The van der Waals surface area contributed by atoms with Gasteiger partial charge in [-0.3, -0.25) is 0 Å². The highest BCUT2D eigenvalue weighted by Gasteiger charge is 2.57. The molecule has 1 spiro atoms. The van der Waals surface area contributed by atoms with Gasteiger partial charge in [-0.15, -0.1) is 0 Å². The Kier molecular flexibility index (Phi) is 9.33. The smallest absolute Gasteiger partial charge is 0.159 e.